The fraction of sp³-hybridized carbons (Fsp3) is 0.537. The Bertz CT molecular complexity index is 1170. The minimum atomic E-state index is -0.342. The van der Waals surface area contributed by atoms with E-state index in [-0.39, 0.29) is 12.1 Å². The number of hydrogen-bond donors (Lipinski definition) is 0. The summed E-state index contributed by atoms with van der Waals surface area (Å²) in [6.07, 6.45) is 22.5. The minimum absolute atomic E-state index is 0.0227. The number of carbonyl (C=O) groups excluding carboxylic acids is 1. The van der Waals surface area contributed by atoms with Crippen LogP contribution in [0.5, 0.6) is 5.75 Å². The van der Waals surface area contributed by atoms with Gasteiger partial charge in [-0.05, 0) is 72.7 Å². The van der Waals surface area contributed by atoms with Crippen LogP contribution >= 0.6 is 0 Å². The largest absolute Gasteiger partial charge is 0.423 e. The maximum absolute atomic E-state index is 12.8. The van der Waals surface area contributed by atoms with Crippen molar-refractivity contribution in [1.29, 1.82) is 0 Å². The summed E-state index contributed by atoms with van der Waals surface area (Å²) in [5, 5.41) is 0. The van der Waals surface area contributed by atoms with Gasteiger partial charge >= 0.3 is 5.97 Å². The van der Waals surface area contributed by atoms with Gasteiger partial charge in [0.15, 0.2) is 0 Å². The van der Waals surface area contributed by atoms with Crippen molar-refractivity contribution < 1.29 is 14.3 Å². The average Bonchev–Trinajstić information content (AvgIpc) is 3.06. The molecule has 0 heterocycles. The van der Waals surface area contributed by atoms with Crippen LogP contribution in [0.2, 0.25) is 0 Å². The third kappa shape index (κ3) is 13.4. The Hall–Kier alpha value is -2.91. The Kier molecular flexibility index (Phi) is 17.6. The lowest BCUT2D eigenvalue weighted by Gasteiger charge is -2.14. The summed E-state index contributed by atoms with van der Waals surface area (Å²) in [6.45, 7) is 7.38. The van der Waals surface area contributed by atoms with Crippen LogP contribution in [-0.2, 0) is 11.2 Å². The summed E-state index contributed by atoms with van der Waals surface area (Å²) >= 11 is 0. The molecule has 0 bridgehead atoms. The summed E-state index contributed by atoms with van der Waals surface area (Å²) in [5.41, 5.74) is 5.36. The van der Waals surface area contributed by atoms with E-state index >= 15 is 0 Å². The van der Waals surface area contributed by atoms with E-state index in [0.717, 1.165) is 30.6 Å². The first kappa shape index (κ1) is 35.6. The molecule has 0 radical (unpaired) electrons. The van der Waals surface area contributed by atoms with Gasteiger partial charge in [-0.2, -0.15) is 0 Å². The molecule has 0 saturated heterocycles. The normalized spacial score (nSPS) is 11.9. The molecule has 0 fully saturated rings. The zero-order valence-corrected chi connectivity index (χ0v) is 28.0. The van der Waals surface area contributed by atoms with Crippen molar-refractivity contribution in [3.8, 4) is 16.9 Å². The molecular formula is C41H58O3. The van der Waals surface area contributed by atoms with Crippen molar-refractivity contribution in [3.63, 3.8) is 0 Å². The number of hydrogen-bond acceptors (Lipinski definition) is 3. The number of rotatable bonds is 23. The van der Waals surface area contributed by atoms with Crippen LogP contribution in [0.3, 0.4) is 0 Å². The van der Waals surface area contributed by atoms with Crippen LogP contribution in [0.1, 0.15) is 151 Å². The smallest absolute Gasteiger partial charge is 0.343 e. The second-order valence-electron chi connectivity index (χ2n) is 12.4. The first-order valence-corrected chi connectivity index (χ1v) is 17.7. The van der Waals surface area contributed by atoms with Crippen molar-refractivity contribution in [1.82, 2.24) is 0 Å². The van der Waals surface area contributed by atoms with Gasteiger partial charge in [-0.3, -0.25) is 0 Å². The molecule has 3 heteroatoms. The molecule has 0 aromatic heterocycles. The van der Waals surface area contributed by atoms with Gasteiger partial charge < -0.3 is 9.47 Å². The third-order valence-corrected chi connectivity index (χ3v) is 8.67. The Morgan fingerprint density at radius 3 is 1.75 bits per heavy atom. The molecule has 0 aliphatic rings. The Balaban J connectivity index is 1.29. The molecule has 0 aliphatic carbocycles. The molecule has 3 aromatic carbocycles. The van der Waals surface area contributed by atoms with Gasteiger partial charge in [0, 0.05) is 6.61 Å². The van der Waals surface area contributed by atoms with Crippen molar-refractivity contribution in [3.05, 3.63) is 89.5 Å². The second-order valence-corrected chi connectivity index (χ2v) is 12.4. The van der Waals surface area contributed by atoms with Crippen molar-refractivity contribution in [2.75, 3.05) is 6.61 Å². The second kappa shape index (κ2) is 21.7. The summed E-state index contributed by atoms with van der Waals surface area (Å²) in [4.78, 5) is 12.8. The maximum atomic E-state index is 12.8. The lowest BCUT2D eigenvalue weighted by Crippen LogP contribution is -2.08. The number of esters is 1. The fourth-order valence-corrected chi connectivity index (χ4v) is 5.80. The monoisotopic (exact) mass is 598 g/mol. The van der Waals surface area contributed by atoms with Crippen molar-refractivity contribution in [2.24, 2.45) is 0 Å². The lowest BCUT2D eigenvalue weighted by molar-refractivity contribution is 0.0627. The molecule has 0 spiro atoms. The zero-order chi connectivity index (χ0) is 31.2. The average molecular weight is 599 g/mol. The topological polar surface area (TPSA) is 35.5 Å². The van der Waals surface area contributed by atoms with Gasteiger partial charge in [0.05, 0.1) is 11.7 Å². The highest BCUT2D eigenvalue weighted by Gasteiger charge is 2.12. The van der Waals surface area contributed by atoms with E-state index in [4.69, 9.17) is 9.47 Å². The van der Waals surface area contributed by atoms with Crippen molar-refractivity contribution in [2.45, 2.75) is 136 Å². The fourth-order valence-electron chi connectivity index (χ4n) is 5.80. The van der Waals surface area contributed by atoms with E-state index in [0.29, 0.717) is 11.3 Å². The molecule has 3 nitrogen and oxygen atoms in total. The summed E-state index contributed by atoms with van der Waals surface area (Å²) in [5.74, 6) is 0.206. The van der Waals surface area contributed by atoms with Crippen LogP contribution in [0.15, 0.2) is 72.8 Å². The molecular weight excluding hydrogens is 540 g/mol. The predicted molar refractivity (Wildman–Crippen MR) is 187 cm³/mol. The molecule has 0 aliphatic heterocycles. The van der Waals surface area contributed by atoms with Gasteiger partial charge in [-0.1, -0.05) is 152 Å². The van der Waals surface area contributed by atoms with E-state index in [1.54, 1.807) is 0 Å². The lowest BCUT2D eigenvalue weighted by atomic mass is 9.95. The van der Waals surface area contributed by atoms with Crippen LogP contribution in [0.4, 0.5) is 0 Å². The van der Waals surface area contributed by atoms with E-state index in [9.17, 15) is 4.79 Å². The van der Waals surface area contributed by atoms with E-state index in [1.807, 2.05) is 48.5 Å². The molecule has 3 rings (SSSR count). The summed E-state index contributed by atoms with van der Waals surface area (Å²) in [6, 6.07) is 24.0. The first-order valence-electron chi connectivity index (χ1n) is 17.7. The quantitative estimate of drug-likeness (QED) is 0.0619. The molecule has 0 amide bonds. The first-order chi connectivity index (χ1) is 21.6. The number of aryl methyl sites for hydroxylation is 1. The van der Waals surface area contributed by atoms with Crippen LogP contribution < -0.4 is 4.74 Å². The standard InChI is InChI=1S/C41H58O3/c1-4-6-8-9-10-11-12-13-14-15-16-17-18-21-33-43-34(3)35-29-31-39(32-30-35)44-41(42)38-27-25-37(26-28-38)40-24-20-19-23-36(40)22-7-5-2/h19-20,23-32,34H,4-18,21-22,33H2,1-3H3. The molecule has 1 unspecified atom stereocenters. The minimum Gasteiger partial charge on any atom is -0.423 e. The molecule has 0 saturated carbocycles. The van der Waals surface area contributed by atoms with E-state index in [2.05, 4.69) is 45.0 Å². The van der Waals surface area contributed by atoms with Crippen LogP contribution in [0, 0.1) is 0 Å². The summed E-state index contributed by atoms with van der Waals surface area (Å²) < 4.78 is 11.8. The molecule has 0 N–H and O–H groups in total. The van der Waals surface area contributed by atoms with Crippen LogP contribution in [0.25, 0.3) is 11.1 Å². The Labute approximate surface area is 268 Å². The number of unbranched alkanes of at least 4 members (excludes halogenated alkanes) is 14. The highest BCUT2D eigenvalue weighted by Crippen LogP contribution is 2.26. The number of benzene rings is 3. The SMILES string of the molecule is CCCCCCCCCCCCCCCCOC(C)c1ccc(OC(=O)c2ccc(-c3ccccc3CCCC)cc2)cc1. The van der Waals surface area contributed by atoms with E-state index in [1.165, 1.54) is 107 Å². The third-order valence-electron chi connectivity index (χ3n) is 8.67. The maximum Gasteiger partial charge on any atom is 0.343 e. The number of ether oxygens (including phenoxy) is 2. The van der Waals surface area contributed by atoms with Crippen molar-refractivity contribution >= 4 is 5.97 Å². The summed E-state index contributed by atoms with van der Waals surface area (Å²) in [7, 11) is 0. The molecule has 1 atom stereocenters. The molecule has 240 valence electrons. The molecule has 3 aromatic rings. The predicted octanol–water partition coefficient (Wildman–Crippen LogP) is 12.5. The highest BCUT2D eigenvalue weighted by atomic mass is 16.5. The van der Waals surface area contributed by atoms with Gasteiger partial charge in [0.1, 0.15) is 5.75 Å². The molecule has 44 heavy (non-hydrogen) atoms. The van der Waals surface area contributed by atoms with Crippen LogP contribution in [-0.4, -0.2) is 12.6 Å². The Morgan fingerprint density at radius 2 is 1.16 bits per heavy atom. The van der Waals surface area contributed by atoms with Gasteiger partial charge in [0.25, 0.3) is 0 Å². The highest BCUT2D eigenvalue weighted by molar-refractivity contribution is 5.91. The zero-order valence-electron chi connectivity index (χ0n) is 28.0. The van der Waals surface area contributed by atoms with E-state index < -0.39 is 0 Å². The van der Waals surface area contributed by atoms with Gasteiger partial charge in [-0.25, -0.2) is 4.79 Å². The number of carbonyl (C=O) groups is 1. The van der Waals surface area contributed by atoms with Gasteiger partial charge in [-0.15, -0.1) is 0 Å². The van der Waals surface area contributed by atoms with Gasteiger partial charge in [0.2, 0.25) is 0 Å². The Morgan fingerprint density at radius 1 is 0.614 bits per heavy atom.